The first kappa shape index (κ1) is 13.2. The molecular formula is C10H14O4S2. The molecule has 90 valence electrons. The molecule has 0 spiro atoms. The van der Waals surface area contributed by atoms with E-state index in [1.54, 1.807) is 6.07 Å². The van der Waals surface area contributed by atoms with Crippen molar-refractivity contribution in [1.29, 1.82) is 0 Å². The first-order valence-electron chi connectivity index (χ1n) is 4.65. The number of rotatable bonds is 4. The largest absolute Gasteiger partial charge is 0.469 e. The monoisotopic (exact) mass is 262 g/mol. The molecule has 4 nitrogen and oxygen atoms in total. The summed E-state index contributed by atoms with van der Waals surface area (Å²) in [5.74, 6) is -1.43. The highest BCUT2D eigenvalue weighted by molar-refractivity contribution is 7.90. The first-order valence-corrected chi connectivity index (χ1v) is 7.53. The summed E-state index contributed by atoms with van der Waals surface area (Å²) in [4.78, 5) is 13.3. The Bertz CT molecular complexity index is 473. The summed E-state index contributed by atoms with van der Waals surface area (Å²) in [5.41, 5.74) is 0. The van der Waals surface area contributed by atoms with Gasteiger partial charge in [-0.15, -0.1) is 11.3 Å². The molecule has 0 N–H and O–H groups in total. The molecule has 6 heteroatoms. The van der Waals surface area contributed by atoms with Crippen LogP contribution in [0, 0.1) is 6.92 Å². The lowest BCUT2D eigenvalue weighted by atomic mass is 10.1. The summed E-state index contributed by atoms with van der Waals surface area (Å²) < 4.78 is 27.1. The van der Waals surface area contributed by atoms with Crippen molar-refractivity contribution in [3.8, 4) is 0 Å². The van der Waals surface area contributed by atoms with Gasteiger partial charge >= 0.3 is 5.97 Å². The molecule has 0 aromatic carbocycles. The highest BCUT2D eigenvalue weighted by atomic mass is 32.2. The Labute approximate surface area is 99.2 Å². The number of hydrogen-bond donors (Lipinski definition) is 0. The van der Waals surface area contributed by atoms with Gasteiger partial charge in [-0.1, -0.05) is 0 Å². The fourth-order valence-corrected chi connectivity index (χ4v) is 3.34. The molecule has 0 aliphatic heterocycles. The molecule has 0 aliphatic carbocycles. The van der Waals surface area contributed by atoms with Crippen LogP contribution in [0.25, 0.3) is 0 Å². The predicted molar refractivity (Wildman–Crippen MR) is 63.5 cm³/mol. The van der Waals surface area contributed by atoms with Gasteiger partial charge in [-0.25, -0.2) is 8.42 Å². The Kier molecular flexibility index (Phi) is 4.09. The zero-order chi connectivity index (χ0) is 12.3. The number of carbonyl (C=O) groups is 1. The van der Waals surface area contributed by atoms with E-state index < -0.39 is 21.7 Å². The van der Waals surface area contributed by atoms with E-state index in [2.05, 4.69) is 4.74 Å². The normalized spacial score (nSPS) is 13.4. The van der Waals surface area contributed by atoms with Crippen molar-refractivity contribution in [3.05, 3.63) is 21.9 Å². The Balaban J connectivity index is 3.01. The second-order valence-electron chi connectivity index (χ2n) is 3.62. The van der Waals surface area contributed by atoms with Crippen LogP contribution in [0.1, 0.15) is 15.7 Å². The minimum Gasteiger partial charge on any atom is -0.469 e. The van der Waals surface area contributed by atoms with Crippen molar-refractivity contribution < 1.29 is 17.9 Å². The van der Waals surface area contributed by atoms with Gasteiger partial charge in [-0.2, -0.15) is 0 Å². The van der Waals surface area contributed by atoms with Gasteiger partial charge in [0.2, 0.25) is 0 Å². The molecule has 0 fully saturated rings. The van der Waals surface area contributed by atoms with E-state index in [9.17, 15) is 13.2 Å². The third kappa shape index (κ3) is 3.61. The van der Waals surface area contributed by atoms with Crippen LogP contribution in [0.4, 0.5) is 0 Å². The number of methoxy groups -OCH3 is 1. The maximum Gasteiger partial charge on any atom is 0.315 e. The van der Waals surface area contributed by atoms with Gasteiger partial charge in [0.25, 0.3) is 0 Å². The summed E-state index contributed by atoms with van der Waals surface area (Å²) in [6.07, 6.45) is 1.11. The fraction of sp³-hybridized carbons (Fsp3) is 0.500. The van der Waals surface area contributed by atoms with Crippen molar-refractivity contribution in [1.82, 2.24) is 0 Å². The maximum atomic E-state index is 11.5. The minimum atomic E-state index is -3.21. The molecule has 0 radical (unpaired) electrons. The van der Waals surface area contributed by atoms with E-state index in [0.717, 1.165) is 16.0 Å². The average Bonchev–Trinajstić information content (AvgIpc) is 2.58. The van der Waals surface area contributed by atoms with Crippen molar-refractivity contribution >= 4 is 27.1 Å². The Morgan fingerprint density at radius 2 is 2.12 bits per heavy atom. The van der Waals surface area contributed by atoms with Crippen LogP contribution in [-0.2, 0) is 19.4 Å². The zero-order valence-electron chi connectivity index (χ0n) is 9.39. The van der Waals surface area contributed by atoms with E-state index in [0.29, 0.717) is 0 Å². The average molecular weight is 262 g/mol. The second-order valence-corrected chi connectivity index (χ2v) is 7.12. The molecule has 16 heavy (non-hydrogen) atoms. The summed E-state index contributed by atoms with van der Waals surface area (Å²) in [7, 11) is -1.95. The van der Waals surface area contributed by atoms with E-state index >= 15 is 0 Å². The van der Waals surface area contributed by atoms with E-state index in [1.807, 2.05) is 13.0 Å². The van der Waals surface area contributed by atoms with Gasteiger partial charge in [-0.05, 0) is 19.1 Å². The minimum absolute atomic E-state index is 0.209. The number of carbonyl (C=O) groups excluding carboxylic acids is 1. The van der Waals surface area contributed by atoms with Crippen LogP contribution >= 0.6 is 11.3 Å². The van der Waals surface area contributed by atoms with Crippen LogP contribution < -0.4 is 0 Å². The third-order valence-electron chi connectivity index (χ3n) is 2.06. The molecule has 1 heterocycles. The fourth-order valence-electron chi connectivity index (χ4n) is 1.35. The number of sulfone groups is 1. The number of ether oxygens (including phenoxy) is 1. The summed E-state index contributed by atoms with van der Waals surface area (Å²) in [5, 5.41) is 0. The Morgan fingerprint density at radius 3 is 2.50 bits per heavy atom. The Morgan fingerprint density at radius 1 is 1.50 bits per heavy atom. The topological polar surface area (TPSA) is 60.4 Å². The van der Waals surface area contributed by atoms with Gasteiger partial charge in [-0.3, -0.25) is 4.79 Å². The highest BCUT2D eigenvalue weighted by Gasteiger charge is 2.26. The standard InChI is InChI=1S/C10H14O4S2/c1-7-4-5-9(15-7)8(10(11)14-2)6-16(3,12)13/h4-5,8H,6H2,1-3H3. The number of esters is 1. The lowest BCUT2D eigenvalue weighted by Gasteiger charge is -2.11. The zero-order valence-corrected chi connectivity index (χ0v) is 11.0. The molecular weight excluding hydrogens is 248 g/mol. The van der Waals surface area contributed by atoms with Gasteiger partial charge in [0.15, 0.2) is 0 Å². The first-order chi connectivity index (χ1) is 7.33. The van der Waals surface area contributed by atoms with Crippen LogP contribution in [0.5, 0.6) is 0 Å². The molecule has 0 saturated carbocycles. The molecule has 1 rings (SSSR count). The predicted octanol–water partition coefficient (Wildman–Crippen LogP) is 1.36. The third-order valence-corrected chi connectivity index (χ3v) is 4.11. The molecule has 0 aliphatic rings. The highest BCUT2D eigenvalue weighted by Crippen LogP contribution is 2.26. The van der Waals surface area contributed by atoms with Crippen LogP contribution in [0.3, 0.4) is 0 Å². The molecule has 1 aromatic heterocycles. The lowest BCUT2D eigenvalue weighted by molar-refractivity contribution is -0.141. The van der Waals surface area contributed by atoms with Crippen molar-refractivity contribution in [2.24, 2.45) is 0 Å². The molecule has 0 amide bonds. The van der Waals surface area contributed by atoms with Gasteiger partial charge < -0.3 is 4.74 Å². The van der Waals surface area contributed by atoms with Crippen LogP contribution in [0.15, 0.2) is 12.1 Å². The molecule has 1 unspecified atom stereocenters. The Hall–Kier alpha value is -0.880. The van der Waals surface area contributed by atoms with Crippen LogP contribution in [0.2, 0.25) is 0 Å². The van der Waals surface area contributed by atoms with Gasteiger partial charge in [0.05, 0.1) is 12.9 Å². The molecule has 1 aromatic rings. The molecule has 0 bridgehead atoms. The maximum absolute atomic E-state index is 11.5. The van der Waals surface area contributed by atoms with Crippen molar-refractivity contribution in [2.45, 2.75) is 12.8 Å². The van der Waals surface area contributed by atoms with E-state index in [4.69, 9.17) is 0 Å². The van der Waals surface area contributed by atoms with Crippen LogP contribution in [-0.4, -0.2) is 33.5 Å². The number of thiophene rings is 1. The quantitative estimate of drug-likeness (QED) is 0.769. The summed E-state index contributed by atoms with van der Waals surface area (Å²) in [6, 6.07) is 3.63. The molecule has 0 saturated heterocycles. The van der Waals surface area contributed by atoms with E-state index in [-0.39, 0.29) is 5.75 Å². The van der Waals surface area contributed by atoms with E-state index in [1.165, 1.54) is 18.4 Å². The summed E-state index contributed by atoms with van der Waals surface area (Å²) in [6.45, 7) is 1.91. The number of hydrogen-bond acceptors (Lipinski definition) is 5. The number of aryl methyl sites for hydroxylation is 1. The lowest BCUT2D eigenvalue weighted by Crippen LogP contribution is -2.21. The van der Waals surface area contributed by atoms with Gasteiger partial charge in [0.1, 0.15) is 15.8 Å². The smallest absolute Gasteiger partial charge is 0.315 e. The summed E-state index contributed by atoms with van der Waals surface area (Å²) >= 11 is 1.41. The molecule has 1 atom stereocenters. The SMILES string of the molecule is COC(=O)C(CS(C)(=O)=O)c1ccc(C)s1. The van der Waals surface area contributed by atoms with Crippen molar-refractivity contribution in [3.63, 3.8) is 0 Å². The van der Waals surface area contributed by atoms with Crippen molar-refractivity contribution in [2.75, 3.05) is 19.1 Å². The second kappa shape index (κ2) is 4.97. The van der Waals surface area contributed by atoms with Gasteiger partial charge in [0, 0.05) is 16.0 Å².